The van der Waals surface area contributed by atoms with Crippen LogP contribution in [0.25, 0.3) is 0 Å². The SMILES string of the molecule is CCOC(=O)N1CCN(S(=O)(=O)N2CCC[C@H](C(=O)NC3CCCCCCC3)C2)CC1. The average molecular weight is 459 g/mol. The Kier molecular flexibility index (Phi) is 8.97. The summed E-state index contributed by atoms with van der Waals surface area (Å²) in [6, 6.07) is 0.218. The van der Waals surface area contributed by atoms with E-state index in [2.05, 4.69) is 5.32 Å². The number of piperidine rings is 1. The highest BCUT2D eigenvalue weighted by Crippen LogP contribution is 2.24. The van der Waals surface area contributed by atoms with Crippen LogP contribution in [0, 0.1) is 5.92 Å². The van der Waals surface area contributed by atoms with Crippen molar-refractivity contribution in [1.29, 1.82) is 0 Å². The van der Waals surface area contributed by atoms with Gasteiger partial charge in [-0.15, -0.1) is 0 Å². The topological polar surface area (TPSA) is 99.3 Å². The second-order valence-corrected chi connectivity index (χ2v) is 10.8. The minimum absolute atomic E-state index is 0.00222. The maximum absolute atomic E-state index is 13.2. The summed E-state index contributed by atoms with van der Waals surface area (Å²) in [5.41, 5.74) is 0. The van der Waals surface area contributed by atoms with Crippen LogP contribution in [0.5, 0.6) is 0 Å². The Labute approximate surface area is 186 Å². The van der Waals surface area contributed by atoms with E-state index >= 15 is 0 Å². The Balaban J connectivity index is 1.53. The van der Waals surface area contributed by atoms with Crippen molar-refractivity contribution in [2.24, 2.45) is 5.92 Å². The highest BCUT2D eigenvalue weighted by Gasteiger charge is 2.38. The normalized spacial score (nSPS) is 25.5. The second kappa shape index (κ2) is 11.5. The van der Waals surface area contributed by atoms with Crippen molar-refractivity contribution in [2.45, 2.75) is 70.8 Å². The van der Waals surface area contributed by atoms with Crippen molar-refractivity contribution in [3.05, 3.63) is 0 Å². The van der Waals surface area contributed by atoms with Gasteiger partial charge in [0, 0.05) is 45.3 Å². The van der Waals surface area contributed by atoms with Gasteiger partial charge in [-0.3, -0.25) is 4.79 Å². The number of rotatable bonds is 5. The maximum Gasteiger partial charge on any atom is 0.409 e. The van der Waals surface area contributed by atoms with Crippen molar-refractivity contribution >= 4 is 22.2 Å². The summed E-state index contributed by atoms with van der Waals surface area (Å²) in [7, 11) is -3.65. The van der Waals surface area contributed by atoms with Crippen LogP contribution in [0.1, 0.15) is 64.7 Å². The number of hydrogen-bond acceptors (Lipinski definition) is 5. The standard InChI is InChI=1S/C21H38N4O5S/c1-2-30-21(27)23-13-15-24(16-14-23)31(28,29)25-12-8-9-18(17-25)20(26)22-19-10-6-4-3-5-7-11-19/h18-19H,2-17H2,1H3,(H,22,26)/t18-/m0/s1. The summed E-state index contributed by atoms with van der Waals surface area (Å²) >= 11 is 0. The highest BCUT2D eigenvalue weighted by molar-refractivity contribution is 7.86. The molecule has 1 atom stereocenters. The van der Waals surface area contributed by atoms with Gasteiger partial charge in [0.2, 0.25) is 5.91 Å². The molecule has 0 spiro atoms. The number of ether oxygens (including phenoxy) is 1. The fraction of sp³-hybridized carbons (Fsp3) is 0.905. The number of hydrogen-bond donors (Lipinski definition) is 1. The number of amides is 2. The maximum atomic E-state index is 13.2. The molecule has 10 heteroatoms. The molecule has 0 aromatic heterocycles. The third-order valence-corrected chi connectivity index (χ3v) is 8.63. The molecule has 0 bridgehead atoms. The first-order valence-electron chi connectivity index (χ1n) is 11.9. The molecular weight excluding hydrogens is 420 g/mol. The molecule has 31 heavy (non-hydrogen) atoms. The van der Waals surface area contributed by atoms with Gasteiger partial charge in [-0.25, -0.2) is 4.79 Å². The van der Waals surface area contributed by atoms with Crippen molar-refractivity contribution < 1.29 is 22.7 Å². The molecule has 3 aliphatic rings. The van der Waals surface area contributed by atoms with E-state index < -0.39 is 16.3 Å². The van der Waals surface area contributed by atoms with Crippen molar-refractivity contribution in [1.82, 2.24) is 18.8 Å². The first kappa shape index (κ1) is 24.3. The molecule has 2 amide bonds. The molecule has 1 aliphatic carbocycles. The molecule has 2 heterocycles. The molecule has 3 rings (SSSR count). The summed E-state index contributed by atoms with van der Waals surface area (Å²) in [5.74, 6) is -0.299. The van der Waals surface area contributed by atoms with Gasteiger partial charge >= 0.3 is 6.09 Å². The number of nitrogens with one attached hydrogen (secondary N) is 1. The molecule has 178 valence electrons. The summed E-state index contributed by atoms with van der Waals surface area (Å²) in [5, 5.41) is 3.21. The van der Waals surface area contributed by atoms with Crippen LogP contribution in [0.4, 0.5) is 4.79 Å². The van der Waals surface area contributed by atoms with Crippen LogP contribution in [0.2, 0.25) is 0 Å². The second-order valence-electron chi connectivity index (χ2n) is 8.84. The zero-order valence-electron chi connectivity index (χ0n) is 18.8. The minimum atomic E-state index is -3.65. The van der Waals surface area contributed by atoms with E-state index in [0.29, 0.717) is 32.7 Å². The van der Waals surface area contributed by atoms with Gasteiger partial charge in [-0.2, -0.15) is 17.0 Å². The fourth-order valence-corrected chi connectivity index (χ4v) is 6.44. The summed E-state index contributed by atoms with van der Waals surface area (Å²) in [6.45, 7) is 3.85. The Morgan fingerprint density at radius 1 is 0.871 bits per heavy atom. The monoisotopic (exact) mass is 458 g/mol. The number of nitrogens with zero attached hydrogens (tertiary/aromatic N) is 3. The Morgan fingerprint density at radius 2 is 1.52 bits per heavy atom. The van der Waals surface area contributed by atoms with Crippen LogP contribution in [0.15, 0.2) is 0 Å². The van der Waals surface area contributed by atoms with Crippen molar-refractivity contribution in [2.75, 3.05) is 45.9 Å². The largest absolute Gasteiger partial charge is 0.450 e. The van der Waals surface area contributed by atoms with Gasteiger partial charge in [-0.1, -0.05) is 32.1 Å². The summed E-state index contributed by atoms with van der Waals surface area (Å²) < 4.78 is 34.2. The van der Waals surface area contributed by atoms with E-state index in [9.17, 15) is 18.0 Å². The average Bonchev–Trinajstić information content (AvgIpc) is 2.76. The lowest BCUT2D eigenvalue weighted by molar-refractivity contribution is -0.127. The van der Waals surface area contributed by atoms with E-state index in [1.165, 1.54) is 32.8 Å². The van der Waals surface area contributed by atoms with Crippen LogP contribution >= 0.6 is 0 Å². The Bertz CT molecular complexity index is 701. The van der Waals surface area contributed by atoms with Crippen molar-refractivity contribution in [3.8, 4) is 0 Å². The van der Waals surface area contributed by atoms with E-state index in [1.807, 2.05) is 0 Å². The molecule has 0 aromatic rings. The van der Waals surface area contributed by atoms with Crippen molar-refractivity contribution in [3.63, 3.8) is 0 Å². The van der Waals surface area contributed by atoms with Gasteiger partial charge in [0.05, 0.1) is 12.5 Å². The zero-order valence-corrected chi connectivity index (χ0v) is 19.6. The van der Waals surface area contributed by atoms with E-state index in [4.69, 9.17) is 4.74 Å². The van der Waals surface area contributed by atoms with E-state index in [-0.39, 0.29) is 37.5 Å². The van der Waals surface area contributed by atoms with E-state index in [1.54, 1.807) is 6.92 Å². The smallest absolute Gasteiger partial charge is 0.409 e. The molecule has 9 nitrogen and oxygen atoms in total. The molecular formula is C21H38N4O5S. The molecule has 2 aliphatic heterocycles. The van der Waals surface area contributed by atoms with Crippen LogP contribution in [-0.4, -0.2) is 85.8 Å². The molecule has 0 unspecified atom stereocenters. The third kappa shape index (κ3) is 6.55. The first-order valence-corrected chi connectivity index (χ1v) is 13.3. The fourth-order valence-electron chi connectivity index (χ4n) is 4.76. The predicted molar refractivity (Wildman–Crippen MR) is 118 cm³/mol. The summed E-state index contributed by atoms with van der Waals surface area (Å²) in [4.78, 5) is 26.3. The first-order chi connectivity index (χ1) is 14.9. The van der Waals surface area contributed by atoms with Gasteiger partial charge in [0.1, 0.15) is 0 Å². The lowest BCUT2D eigenvalue weighted by Gasteiger charge is -2.38. The number of carbonyl (C=O) groups is 2. The molecule has 2 saturated heterocycles. The number of carbonyl (C=O) groups excluding carboxylic acids is 2. The predicted octanol–water partition coefficient (Wildman–Crippen LogP) is 1.95. The third-order valence-electron chi connectivity index (χ3n) is 6.62. The lowest BCUT2D eigenvalue weighted by atomic mass is 9.94. The van der Waals surface area contributed by atoms with Gasteiger partial charge in [-0.05, 0) is 32.6 Å². The van der Waals surface area contributed by atoms with Gasteiger partial charge in [0.25, 0.3) is 10.2 Å². The molecule has 1 saturated carbocycles. The Morgan fingerprint density at radius 3 is 2.16 bits per heavy atom. The van der Waals surface area contributed by atoms with Crippen LogP contribution in [-0.2, 0) is 19.7 Å². The molecule has 0 radical (unpaired) electrons. The highest BCUT2D eigenvalue weighted by atomic mass is 32.2. The molecule has 3 fully saturated rings. The van der Waals surface area contributed by atoms with Gasteiger partial charge in [0.15, 0.2) is 0 Å². The van der Waals surface area contributed by atoms with E-state index in [0.717, 1.165) is 32.1 Å². The van der Waals surface area contributed by atoms with Crippen LogP contribution < -0.4 is 5.32 Å². The van der Waals surface area contributed by atoms with Gasteiger partial charge < -0.3 is 15.0 Å². The Hall–Kier alpha value is -1.39. The van der Waals surface area contributed by atoms with Crippen LogP contribution in [0.3, 0.4) is 0 Å². The quantitative estimate of drug-likeness (QED) is 0.679. The molecule has 1 N–H and O–H groups in total. The number of piperazine rings is 1. The zero-order chi connectivity index (χ0) is 22.3. The minimum Gasteiger partial charge on any atom is -0.450 e. The summed E-state index contributed by atoms with van der Waals surface area (Å²) in [6.07, 6.45) is 9.08. The lowest BCUT2D eigenvalue weighted by Crippen LogP contribution is -2.56. The molecule has 0 aromatic carbocycles.